The van der Waals surface area contributed by atoms with E-state index in [2.05, 4.69) is 17.6 Å². The monoisotopic (exact) mass is 350 g/mol. The Morgan fingerprint density at radius 3 is 2.71 bits per heavy atom. The van der Waals surface area contributed by atoms with Crippen molar-refractivity contribution in [3.05, 3.63) is 29.3 Å². The molecule has 0 bridgehead atoms. The molecule has 2 atom stereocenters. The summed E-state index contributed by atoms with van der Waals surface area (Å²) in [5.41, 5.74) is 1.36. The fraction of sp³-hybridized carbons (Fsp3) is 0.556. The van der Waals surface area contributed by atoms with Crippen molar-refractivity contribution < 1.29 is 14.3 Å². The van der Waals surface area contributed by atoms with Crippen molar-refractivity contribution in [1.82, 2.24) is 10.6 Å². The molecule has 1 fully saturated rings. The number of hydrogen-bond donors (Lipinski definition) is 2. The first-order valence-electron chi connectivity index (χ1n) is 8.34. The molecule has 0 heterocycles. The van der Waals surface area contributed by atoms with E-state index in [9.17, 15) is 4.79 Å². The Morgan fingerprint density at radius 1 is 1.29 bits per heavy atom. The van der Waals surface area contributed by atoms with E-state index in [4.69, 9.17) is 21.7 Å². The minimum absolute atomic E-state index is 0.412. The first-order valence-corrected chi connectivity index (χ1v) is 8.75. The van der Waals surface area contributed by atoms with E-state index in [-0.39, 0.29) is 0 Å². The number of nitrogens with one attached hydrogen (secondary N) is 2. The summed E-state index contributed by atoms with van der Waals surface area (Å²) in [5, 5.41) is 7.29. The van der Waals surface area contributed by atoms with Crippen LogP contribution in [0.2, 0.25) is 0 Å². The van der Waals surface area contributed by atoms with Gasteiger partial charge in [0.25, 0.3) is 0 Å². The zero-order chi connectivity index (χ0) is 17.5. The number of rotatable bonds is 5. The summed E-state index contributed by atoms with van der Waals surface area (Å²) in [6, 6.07) is 5.89. The van der Waals surface area contributed by atoms with Gasteiger partial charge in [0.2, 0.25) is 0 Å². The Labute approximate surface area is 149 Å². The van der Waals surface area contributed by atoms with Crippen LogP contribution in [0.5, 0.6) is 5.75 Å². The minimum Gasteiger partial charge on any atom is -0.496 e. The summed E-state index contributed by atoms with van der Waals surface area (Å²) >= 11 is 5.40. The molecule has 0 aliphatic heterocycles. The summed E-state index contributed by atoms with van der Waals surface area (Å²) in [4.78, 5) is 11.8. The van der Waals surface area contributed by atoms with Crippen molar-refractivity contribution in [3.63, 3.8) is 0 Å². The molecule has 0 aromatic heterocycles. The third-order valence-electron chi connectivity index (χ3n) is 4.55. The molecule has 0 saturated heterocycles. The van der Waals surface area contributed by atoms with Crippen LogP contribution in [0.1, 0.15) is 48.5 Å². The maximum absolute atomic E-state index is 11.8. The lowest BCUT2D eigenvalue weighted by Crippen LogP contribution is -2.45. The van der Waals surface area contributed by atoms with Crippen molar-refractivity contribution in [2.24, 2.45) is 5.92 Å². The van der Waals surface area contributed by atoms with Gasteiger partial charge in [0, 0.05) is 12.6 Å². The maximum atomic E-state index is 11.8. The highest BCUT2D eigenvalue weighted by Crippen LogP contribution is 2.24. The van der Waals surface area contributed by atoms with Gasteiger partial charge in [-0.2, -0.15) is 0 Å². The van der Waals surface area contributed by atoms with Crippen LogP contribution in [0, 0.1) is 5.92 Å². The molecule has 1 aromatic carbocycles. The molecule has 0 amide bonds. The van der Waals surface area contributed by atoms with Gasteiger partial charge in [0.15, 0.2) is 5.11 Å². The van der Waals surface area contributed by atoms with Gasteiger partial charge in [0.1, 0.15) is 11.3 Å². The van der Waals surface area contributed by atoms with Crippen LogP contribution in [0.25, 0.3) is 0 Å². The number of carbonyl (C=O) groups is 1. The van der Waals surface area contributed by atoms with Gasteiger partial charge >= 0.3 is 5.97 Å². The second-order valence-electron chi connectivity index (χ2n) is 6.22. The van der Waals surface area contributed by atoms with Crippen LogP contribution in [0.15, 0.2) is 18.2 Å². The van der Waals surface area contributed by atoms with Crippen LogP contribution in [0.3, 0.4) is 0 Å². The molecule has 2 rings (SSSR count). The molecule has 24 heavy (non-hydrogen) atoms. The van der Waals surface area contributed by atoms with Gasteiger partial charge in [0.05, 0.1) is 14.2 Å². The average molecular weight is 350 g/mol. The van der Waals surface area contributed by atoms with E-state index in [1.165, 1.54) is 33.5 Å². The Balaban J connectivity index is 1.93. The third-order valence-corrected chi connectivity index (χ3v) is 4.81. The Morgan fingerprint density at radius 2 is 2.04 bits per heavy atom. The van der Waals surface area contributed by atoms with Gasteiger partial charge in [-0.1, -0.05) is 25.8 Å². The summed E-state index contributed by atoms with van der Waals surface area (Å²) in [5.74, 6) is 0.734. The number of carbonyl (C=O) groups excluding carboxylic acids is 1. The highest BCUT2D eigenvalue weighted by atomic mass is 32.1. The number of ether oxygens (including phenoxy) is 2. The second kappa shape index (κ2) is 8.87. The molecule has 1 aliphatic rings. The standard InChI is InChI=1S/C18H26N2O3S/c1-12-6-4-5-7-15(12)20-18(24)19-11-13-8-9-16(22-2)14(10-13)17(21)23-3/h8-10,12,15H,4-7,11H2,1-3H3,(H2,19,20,24)/t12-,15-/m1/s1. The van der Waals surface area contributed by atoms with E-state index in [0.29, 0.717) is 34.9 Å². The van der Waals surface area contributed by atoms with Gasteiger partial charge in [-0.3, -0.25) is 0 Å². The number of benzene rings is 1. The zero-order valence-corrected chi connectivity index (χ0v) is 15.4. The van der Waals surface area contributed by atoms with Crippen LogP contribution < -0.4 is 15.4 Å². The third kappa shape index (κ3) is 4.84. The number of methoxy groups -OCH3 is 2. The molecule has 6 heteroatoms. The first kappa shape index (κ1) is 18.5. The van der Waals surface area contributed by atoms with E-state index in [0.717, 1.165) is 12.0 Å². The molecule has 0 unspecified atom stereocenters. The molecule has 2 N–H and O–H groups in total. The molecule has 0 spiro atoms. The van der Waals surface area contributed by atoms with Crippen molar-refractivity contribution in [2.75, 3.05) is 14.2 Å². The predicted octanol–water partition coefficient (Wildman–Crippen LogP) is 3.02. The molecule has 1 saturated carbocycles. The molecule has 5 nitrogen and oxygen atoms in total. The molecule has 1 aromatic rings. The molecule has 1 aliphatic carbocycles. The van der Waals surface area contributed by atoms with E-state index < -0.39 is 5.97 Å². The number of hydrogen-bond acceptors (Lipinski definition) is 4. The van der Waals surface area contributed by atoms with Gasteiger partial charge in [-0.15, -0.1) is 0 Å². The van der Waals surface area contributed by atoms with Crippen LogP contribution in [-0.2, 0) is 11.3 Å². The fourth-order valence-corrected chi connectivity index (χ4v) is 3.29. The van der Waals surface area contributed by atoms with E-state index in [1.807, 2.05) is 6.07 Å². The molecule has 132 valence electrons. The molecular weight excluding hydrogens is 324 g/mol. The van der Waals surface area contributed by atoms with E-state index in [1.54, 1.807) is 12.1 Å². The normalized spacial score (nSPS) is 20.1. The quantitative estimate of drug-likeness (QED) is 0.629. The van der Waals surface area contributed by atoms with Crippen LogP contribution in [0.4, 0.5) is 0 Å². The lowest BCUT2D eigenvalue weighted by atomic mass is 9.86. The van der Waals surface area contributed by atoms with Gasteiger partial charge in [-0.05, 0) is 48.7 Å². The summed E-state index contributed by atoms with van der Waals surface area (Å²) in [6.07, 6.45) is 4.98. The lowest BCUT2D eigenvalue weighted by Gasteiger charge is -2.30. The lowest BCUT2D eigenvalue weighted by molar-refractivity contribution is 0.0597. The average Bonchev–Trinajstić information content (AvgIpc) is 2.61. The van der Waals surface area contributed by atoms with Crippen LogP contribution >= 0.6 is 12.2 Å². The second-order valence-corrected chi connectivity index (χ2v) is 6.63. The first-order chi connectivity index (χ1) is 11.5. The predicted molar refractivity (Wildman–Crippen MR) is 98.3 cm³/mol. The number of thiocarbonyl (C=S) groups is 1. The molecular formula is C18H26N2O3S. The summed E-state index contributed by atoms with van der Waals surface area (Å²) in [6.45, 7) is 2.81. The van der Waals surface area contributed by atoms with Gasteiger partial charge in [-0.25, -0.2) is 4.79 Å². The van der Waals surface area contributed by atoms with Crippen molar-refractivity contribution in [3.8, 4) is 5.75 Å². The maximum Gasteiger partial charge on any atom is 0.341 e. The summed E-state index contributed by atoms with van der Waals surface area (Å²) in [7, 11) is 2.89. The zero-order valence-electron chi connectivity index (χ0n) is 14.6. The SMILES string of the molecule is COC(=O)c1cc(CNC(=S)N[C@@H]2CCCC[C@H]2C)ccc1OC. The van der Waals surface area contributed by atoms with Crippen molar-refractivity contribution >= 4 is 23.3 Å². The highest BCUT2D eigenvalue weighted by Gasteiger charge is 2.21. The van der Waals surface area contributed by atoms with E-state index >= 15 is 0 Å². The summed E-state index contributed by atoms with van der Waals surface area (Å²) < 4.78 is 10.00. The minimum atomic E-state index is -0.412. The Bertz CT molecular complexity index is 592. The number of esters is 1. The Hall–Kier alpha value is -1.82. The molecule has 0 radical (unpaired) electrons. The van der Waals surface area contributed by atoms with Crippen molar-refractivity contribution in [1.29, 1.82) is 0 Å². The largest absolute Gasteiger partial charge is 0.496 e. The van der Waals surface area contributed by atoms with Crippen molar-refractivity contribution in [2.45, 2.75) is 45.2 Å². The van der Waals surface area contributed by atoms with Crippen LogP contribution in [-0.4, -0.2) is 31.3 Å². The fourth-order valence-electron chi connectivity index (χ4n) is 3.07. The topological polar surface area (TPSA) is 59.6 Å². The van der Waals surface area contributed by atoms with Gasteiger partial charge < -0.3 is 20.1 Å². The smallest absolute Gasteiger partial charge is 0.341 e. The Kier molecular flexibility index (Phi) is 6.85. The highest BCUT2D eigenvalue weighted by molar-refractivity contribution is 7.80.